The van der Waals surface area contributed by atoms with Crippen molar-refractivity contribution < 1.29 is 34.3 Å². The van der Waals surface area contributed by atoms with Gasteiger partial charge in [-0.05, 0) is 47.0 Å². The number of aliphatic hydroxyl groups is 3. The molecule has 192 valence electrons. The summed E-state index contributed by atoms with van der Waals surface area (Å²) >= 11 is 0. The van der Waals surface area contributed by atoms with Gasteiger partial charge in [0.25, 0.3) is 0 Å². The van der Waals surface area contributed by atoms with E-state index < -0.39 is 54.7 Å². The molecule has 1 aliphatic carbocycles. The van der Waals surface area contributed by atoms with E-state index in [1.54, 1.807) is 28.1 Å². The SMILES string of the molecule is CN[C@@H]1[C@@H](O)[C@@H](O[C@H]2[C@H](NC)C[C@H](N)C(O[C@H]3OC(CN)=CC[C@H]3NC)[C@@H]2O)OC[C@]1(C)O. The molecule has 3 rings (SSSR count). The van der Waals surface area contributed by atoms with E-state index in [-0.39, 0.29) is 25.2 Å². The lowest BCUT2D eigenvalue weighted by atomic mass is 9.83. The highest BCUT2D eigenvalue weighted by atomic mass is 16.7. The number of rotatable bonds is 8. The predicted octanol–water partition coefficient (Wildman–Crippen LogP) is -3.33. The van der Waals surface area contributed by atoms with E-state index in [0.29, 0.717) is 18.6 Å². The molecule has 33 heavy (non-hydrogen) atoms. The van der Waals surface area contributed by atoms with Gasteiger partial charge in [0, 0.05) is 12.1 Å². The van der Waals surface area contributed by atoms with Crippen molar-refractivity contribution in [2.75, 3.05) is 34.3 Å². The van der Waals surface area contributed by atoms with Crippen LogP contribution in [0.2, 0.25) is 0 Å². The van der Waals surface area contributed by atoms with Crippen molar-refractivity contribution in [2.45, 2.75) is 86.5 Å². The van der Waals surface area contributed by atoms with Gasteiger partial charge in [0.2, 0.25) is 6.29 Å². The van der Waals surface area contributed by atoms with E-state index in [0.717, 1.165) is 0 Å². The molecule has 10 N–H and O–H groups in total. The van der Waals surface area contributed by atoms with Crippen LogP contribution in [0.3, 0.4) is 0 Å². The van der Waals surface area contributed by atoms with E-state index in [2.05, 4.69) is 16.0 Å². The Bertz CT molecular complexity index is 669. The highest BCUT2D eigenvalue weighted by Gasteiger charge is 2.51. The minimum absolute atomic E-state index is 0.0410. The molecule has 0 aromatic rings. The van der Waals surface area contributed by atoms with Crippen LogP contribution in [0.4, 0.5) is 0 Å². The van der Waals surface area contributed by atoms with Crippen LogP contribution in [-0.2, 0) is 18.9 Å². The van der Waals surface area contributed by atoms with Crippen molar-refractivity contribution in [1.82, 2.24) is 16.0 Å². The first kappa shape index (κ1) is 26.7. The number of aliphatic hydroxyl groups excluding tert-OH is 2. The maximum atomic E-state index is 11.3. The van der Waals surface area contributed by atoms with E-state index >= 15 is 0 Å². The quantitative estimate of drug-likeness (QED) is 0.175. The lowest BCUT2D eigenvalue weighted by molar-refractivity contribution is -0.304. The average molecular weight is 476 g/mol. The summed E-state index contributed by atoms with van der Waals surface area (Å²) in [6, 6.07) is -1.61. The lowest BCUT2D eigenvalue weighted by Gasteiger charge is -2.48. The second-order valence-electron chi connectivity index (χ2n) is 9.27. The second kappa shape index (κ2) is 11.2. The molecule has 1 saturated carbocycles. The largest absolute Gasteiger partial charge is 0.467 e. The number of nitrogens with two attached hydrogens (primary N) is 2. The average Bonchev–Trinajstić information content (AvgIpc) is 2.79. The Labute approximate surface area is 194 Å². The number of hydrogen-bond donors (Lipinski definition) is 8. The molecular weight excluding hydrogens is 434 g/mol. The highest BCUT2D eigenvalue weighted by Crippen LogP contribution is 2.31. The van der Waals surface area contributed by atoms with Crippen LogP contribution >= 0.6 is 0 Å². The van der Waals surface area contributed by atoms with Crippen molar-refractivity contribution in [2.24, 2.45) is 11.5 Å². The summed E-state index contributed by atoms with van der Waals surface area (Å²) in [6.07, 6.45) is -2.59. The van der Waals surface area contributed by atoms with Crippen LogP contribution in [0.15, 0.2) is 11.8 Å². The molecule has 11 atom stereocenters. The molecule has 3 aliphatic rings. The van der Waals surface area contributed by atoms with Gasteiger partial charge in [-0.1, -0.05) is 0 Å². The molecule has 1 saturated heterocycles. The fraction of sp³-hybridized carbons (Fsp3) is 0.905. The Morgan fingerprint density at radius 3 is 2.33 bits per heavy atom. The smallest absolute Gasteiger partial charge is 0.215 e. The molecule has 0 spiro atoms. The highest BCUT2D eigenvalue weighted by molar-refractivity contribution is 5.05. The third-order valence-electron chi connectivity index (χ3n) is 6.88. The lowest BCUT2D eigenvalue weighted by Crippen LogP contribution is -2.68. The predicted molar refractivity (Wildman–Crippen MR) is 120 cm³/mol. The Morgan fingerprint density at radius 2 is 1.73 bits per heavy atom. The topological polar surface area (TPSA) is 186 Å². The van der Waals surface area contributed by atoms with Crippen LogP contribution in [0, 0.1) is 0 Å². The Balaban J connectivity index is 1.74. The maximum Gasteiger partial charge on any atom is 0.215 e. The molecule has 1 unspecified atom stereocenters. The minimum atomic E-state index is -1.27. The Kier molecular flexibility index (Phi) is 9.08. The van der Waals surface area contributed by atoms with Crippen LogP contribution in [0.5, 0.6) is 0 Å². The molecule has 0 aromatic carbocycles. The first-order chi connectivity index (χ1) is 15.7. The molecular formula is C21H41N5O7. The minimum Gasteiger partial charge on any atom is -0.467 e. The van der Waals surface area contributed by atoms with Gasteiger partial charge >= 0.3 is 0 Å². The summed E-state index contributed by atoms with van der Waals surface area (Å²) < 4.78 is 23.8. The van der Waals surface area contributed by atoms with Crippen LogP contribution in [0.25, 0.3) is 0 Å². The number of ether oxygens (including phenoxy) is 4. The van der Waals surface area contributed by atoms with Crippen LogP contribution in [0.1, 0.15) is 19.8 Å². The molecule has 2 aliphatic heterocycles. The van der Waals surface area contributed by atoms with Crippen molar-refractivity contribution >= 4 is 0 Å². The normalized spacial score (nSPS) is 46.5. The molecule has 0 aromatic heterocycles. The van der Waals surface area contributed by atoms with Gasteiger partial charge in [-0.15, -0.1) is 0 Å². The van der Waals surface area contributed by atoms with Crippen LogP contribution in [-0.4, -0.2) is 116 Å². The first-order valence-electron chi connectivity index (χ1n) is 11.5. The van der Waals surface area contributed by atoms with E-state index in [1.807, 2.05) is 6.08 Å². The molecule has 2 fully saturated rings. The third-order valence-corrected chi connectivity index (χ3v) is 6.88. The van der Waals surface area contributed by atoms with Gasteiger partial charge in [0.05, 0.1) is 25.2 Å². The number of hydrogen-bond acceptors (Lipinski definition) is 12. The van der Waals surface area contributed by atoms with E-state index in [9.17, 15) is 15.3 Å². The summed E-state index contributed by atoms with van der Waals surface area (Å²) in [4.78, 5) is 0. The van der Waals surface area contributed by atoms with Crippen molar-refractivity contribution in [3.05, 3.63) is 11.8 Å². The van der Waals surface area contributed by atoms with E-state index in [1.165, 1.54) is 0 Å². The zero-order valence-electron chi connectivity index (χ0n) is 19.8. The summed E-state index contributed by atoms with van der Waals surface area (Å²) in [5.74, 6) is 0.621. The second-order valence-corrected chi connectivity index (χ2v) is 9.27. The van der Waals surface area contributed by atoms with Gasteiger partial charge in [-0.2, -0.15) is 0 Å². The van der Waals surface area contributed by atoms with Crippen LogP contribution < -0.4 is 27.4 Å². The molecule has 0 radical (unpaired) electrons. The molecule has 2 heterocycles. The zero-order chi connectivity index (χ0) is 24.3. The van der Waals surface area contributed by atoms with Gasteiger partial charge in [0.15, 0.2) is 6.29 Å². The van der Waals surface area contributed by atoms with Gasteiger partial charge in [-0.3, -0.25) is 0 Å². The fourth-order valence-electron chi connectivity index (χ4n) is 4.91. The molecule has 0 bridgehead atoms. The van der Waals surface area contributed by atoms with Gasteiger partial charge in [-0.25, -0.2) is 0 Å². The Morgan fingerprint density at radius 1 is 1.06 bits per heavy atom. The maximum absolute atomic E-state index is 11.3. The standard InChI is InChI=1S/C21H41N5O7/c1-21(29)9-30-20(15(28)18(21)26-4)33-17-13(25-3)7-11(23)16(14(17)27)32-19-12(24-2)6-5-10(8-22)31-19/h5,11-20,24-29H,6-9,22-23H2,1-4H3/t11-,12+,13+,14-,15+,16?,17-,18+,19+,20+,21-/m0/s1. The first-order valence-corrected chi connectivity index (χ1v) is 11.5. The monoisotopic (exact) mass is 475 g/mol. The summed E-state index contributed by atoms with van der Waals surface area (Å²) in [5.41, 5.74) is 10.8. The number of nitrogens with one attached hydrogen (secondary N) is 3. The summed E-state index contributed by atoms with van der Waals surface area (Å²) in [6.45, 7) is 1.78. The van der Waals surface area contributed by atoms with Gasteiger partial charge < -0.3 is 61.7 Å². The van der Waals surface area contributed by atoms with Crippen molar-refractivity contribution in [3.63, 3.8) is 0 Å². The summed E-state index contributed by atoms with van der Waals surface area (Å²) in [5, 5.41) is 41.7. The zero-order valence-corrected chi connectivity index (χ0v) is 19.8. The molecule has 0 amide bonds. The fourth-order valence-corrected chi connectivity index (χ4v) is 4.91. The molecule has 12 nitrogen and oxygen atoms in total. The van der Waals surface area contributed by atoms with Crippen molar-refractivity contribution in [3.8, 4) is 0 Å². The van der Waals surface area contributed by atoms with Crippen molar-refractivity contribution in [1.29, 1.82) is 0 Å². The third kappa shape index (κ3) is 5.68. The van der Waals surface area contributed by atoms with E-state index in [4.69, 9.17) is 30.4 Å². The number of likely N-dealkylation sites (N-methyl/N-ethyl adjacent to an activating group) is 3. The van der Waals surface area contributed by atoms with Gasteiger partial charge in [0.1, 0.15) is 35.8 Å². The summed E-state index contributed by atoms with van der Waals surface area (Å²) in [7, 11) is 5.20. The molecule has 12 heteroatoms. The Hall–Kier alpha value is -0.900.